The summed E-state index contributed by atoms with van der Waals surface area (Å²) in [6.07, 6.45) is 0.165. The number of nitrogens with one attached hydrogen (secondary N) is 1. The molecule has 1 aromatic carbocycles. The third-order valence-electron chi connectivity index (χ3n) is 3.04. The second-order valence-electron chi connectivity index (χ2n) is 6.76. The Morgan fingerprint density at radius 1 is 1.16 bits per heavy atom. The lowest BCUT2D eigenvalue weighted by molar-refractivity contribution is 0.201. The van der Waals surface area contributed by atoms with E-state index in [1.54, 1.807) is 0 Å². The summed E-state index contributed by atoms with van der Waals surface area (Å²) >= 11 is 0. The van der Waals surface area contributed by atoms with Gasteiger partial charge in [-0.05, 0) is 57.7 Å². The van der Waals surface area contributed by atoms with Crippen LogP contribution in [0, 0.1) is 6.92 Å². The monoisotopic (exact) mass is 263 g/mol. The van der Waals surface area contributed by atoms with Crippen LogP contribution >= 0.6 is 0 Å². The lowest BCUT2D eigenvalue weighted by Crippen LogP contribution is -2.41. The first-order chi connectivity index (χ1) is 8.69. The summed E-state index contributed by atoms with van der Waals surface area (Å²) in [5, 5.41) is 3.48. The molecule has 108 valence electrons. The van der Waals surface area contributed by atoms with Gasteiger partial charge in [0, 0.05) is 12.1 Å². The van der Waals surface area contributed by atoms with Crippen LogP contribution in [0.5, 0.6) is 5.75 Å². The van der Waals surface area contributed by atoms with E-state index in [2.05, 4.69) is 72.0 Å². The lowest BCUT2D eigenvalue weighted by Gasteiger charge is -2.25. The molecule has 0 amide bonds. The average Bonchev–Trinajstić information content (AvgIpc) is 2.25. The number of benzene rings is 1. The number of hydrogen-bond acceptors (Lipinski definition) is 2. The molecule has 1 N–H and O–H groups in total. The van der Waals surface area contributed by atoms with E-state index in [0.717, 1.165) is 12.3 Å². The Labute approximate surface area is 118 Å². The highest BCUT2D eigenvalue weighted by molar-refractivity contribution is 5.39. The molecule has 0 saturated heterocycles. The van der Waals surface area contributed by atoms with Gasteiger partial charge in [-0.15, -0.1) is 0 Å². The van der Waals surface area contributed by atoms with Crippen molar-refractivity contribution >= 4 is 0 Å². The zero-order valence-electron chi connectivity index (χ0n) is 13.5. The molecule has 0 saturated carbocycles. The Morgan fingerprint density at radius 2 is 1.79 bits per heavy atom. The summed E-state index contributed by atoms with van der Waals surface area (Å²) in [6, 6.07) is 6.47. The molecule has 0 heterocycles. The van der Waals surface area contributed by atoms with Crippen LogP contribution in [0.4, 0.5) is 0 Å². The van der Waals surface area contributed by atoms with Crippen LogP contribution in [-0.2, 0) is 0 Å². The molecule has 0 spiro atoms. The topological polar surface area (TPSA) is 21.3 Å². The van der Waals surface area contributed by atoms with Gasteiger partial charge in [0.05, 0.1) is 0 Å². The van der Waals surface area contributed by atoms with Gasteiger partial charge >= 0.3 is 0 Å². The number of ether oxygens (including phenoxy) is 1. The van der Waals surface area contributed by atoms with E-state index in [1.807, 2.05) is 0 Å². The largest absolute Gasteiger partial charge is 0.489 e. The molecule has 0 fully saturated rings. The van der Waals surface area contributed by atoms with Crippen LogP contribution in [0.25, 0.3) is 0 Å². The van der Waals surface area contributed by atoms with Crippen molar-refractivity contribution in [3.63, 3.8) is 0 Å². The molecule has 19 heavy (non-hydrogen) atoms. The van der Waals surface area contributed by atoms with Crippen molar-refractivity contribution in [1.82, 2.24) is 5.32 Å². The summed E-state index contributed by atoms with van der Waals surface area (Å²) < 4.78 is 6.12. The molecule has 0 aliphatic heterocycles. The molecule has 0 bridgehead atoms. The maximum Gasteiger partial charge on any atom is 0.123 e. The van der Waals surface area contributed by atoms with E-state index >= 15 is 0 Å². The molecular weight excluding hydrogens is 234 g/mol. The summed E-state index contributed by atoms with van der Waals surface area (Å²) in [5.74, 6) is 1.51. The third-order valence-corrected chi connectivity index (χ3v) is 3.04. The molecule has 1 rings (SSSR count). The van der Waals surface area contributed by atoms with E-state index in [0.29, 0.717) is 5.92 Å². The number of hydrogen-bond donors (Lipinski definition) is 1. The average molecular weight is 263 g/mol. The van der Waals surface area contributed by atoms with Crippen LogP contribution < -0.4 is 10.1 Å². The molecule has 2 nitrogen and oxygen atoms in total. The van der Waals surface area contributed by atoms with Gasteiger partial charge in [-0.1, -0.05) is 26.0 Å². The van der Waals surface area contributed by atoms with Crippen LogP contribution in [-0.4, -0.2) is 18.2 Å². The summed E-state index contributed by atoms with van der Waals surface area (Å²) in [5.41, 5.74) is 2.66. The quantitative estimate of drug-likeness (QED) is 0.856. The van der Waals surface area contributed by atoms with Crippen LogP contribution in [0.15, 0.2) is 18.2 Å². The van der Waals surface area contributed by atoms with Gasteiger partial charge in [-0.25, -0.2) is 0 Å². The summed E-state index contributed by atoms with van der Waals surface area (Å²) in [6.45, 7) is 16.0. The molecule has 1 unspecified atom stereocenters. The standard InChI is InChI=1S/C17H29NO/c1-12(2)15-9-8-13(3)10-16(15)19-14(4)11-18-17(5,6)7/h8-10,12,14,18H,11H2,1-7H3. The first-order valence-corrected chi connectivity index (χ1v) is 7.21. The fourth-order valence-electron chi connectivity index (χ4n) is 1.93. The van der Waals surface area contributed by atoms with Gasteiger partial charge in [-0.3, -0.25) is 0 Å². The van der Waals surface area contributed by atoms with E-state index in [4.69, 9.17) is 4.74 Å². The van der Waals surface area contributed by atoms with Gasteiger partial charge < -0.3 is 10.1 Å². The Bertz CT molecular complexity index is 404. The van der Waals surface area contributed by atoms with Gasteiger partial charge in [0.15, 0.2) is 0 Å². The smallest absolute Gasteiger partial charge is 0.123 e. The van der Waals surface area contributed by atoms with E-state index < -0.39 is 0 Å². The molecule has 0 radical (unpaired) electrons. The maximum absolute atomic E-state index is 6.12. The maximum atomic E-state index is 6.12. The van der Waals surface area contributed by atoms with Crippen LogP contribution in [0.1, 0.15) is 58.6 Å². The minimum Gasteiger partial charge on any atom is -0.489 e. The Hall–Kier alpha value is -1.02. The zero-order chi connectivity index (χ0) is 14.6. The molecule has 2 heteroatoms. The highest BCUT2D eigenvalue weighted by Gasteiger charge is 2.14. The van der Waals surface area contributed by atoms with Gasteiger partial charge in [0.25, 0.3) is 0 Å². The molecule has 0 aliphatic rings. The summed E-state index contributed by atoms with van der Waals surface area (Å²) in [7, 11) is 0. The van der Waals surface area contributed by atoms with Gasteiger partial charge in [0.1, 0.15) is 11.9 Å². The normalized spacial score (nSPS) is 13.7. The highest BCUT2D eigenvalue weighted by Crippen LogP contribution is 2.28. The second kappa shape index (κ2) is 6.42. The first kappa shape index (κ1) is 16.0. The Balaban J connectivity index is 2.72. The molecule has 0 aromatic heterocycles. The fraction of sp³-hybridized carbons (Fsp3) is 0.647. The Kier molecular flexibility index (Phi) is 5.42. The Morgan fingerprint density at radius 3 is 2.32 bits per heavy atom. The lowest BCUT2D eigenvalue weighted by atomic mass is 10.0. The third kappa shape index (κ3) is 5.65. The van der Waals surface area contributed by atoms with Crippen LogP contribution in [0.3, 0.4) is 0 Å². The highest BCUT2D eigenvalue weighted by atomic mass is 16.5. The first-order valence-electron chi connectivity index (χ1n) is 7.21. The van der Waals surface area contributed by atoms with Crippen molar-refractivity contribution in [1.29, 1.82) is 0 Å². The number of rotatable bonds is 5. The molecular formula is C17H29NO. The van der Waals surface area contributed by atoms with E-state index in [1.165, 1.54) is 11.1 Å². The minimum absolute atomic E-state index is 0.130. The predicted octanol–water partition coefficient (Wildman–Crippen LogP) is 4.27. The SMILES string of the molecule is Cc1ccc(C(C)C)c(OC(C)CNC(C)(C)C)c1. The van der Waals surface area contributed by atoms with Crippen molar-refractivity contribution < 1.29 is 4.74 Å². The molecule has 1 aromatic rings. The minimum atomic E-state index is 0.130. The van der Waals surface area contributed by atoms with Crippen molar-refractivity contribution in [3.05, 3.63) is 29.3 Å². The second-order valence-corrected chi connectivity index (χ2v) is 6.76. The van der Waals surface area contributed by atoms with Crippen molar-refractivity contribution in [3.8, 4) is 5.75 Å². The van der Waals surface area contributed by atoms with Crippen LogP contribution in [0.2, 0.25) is 0 Å². The van der Waals surface area contributed by atoms with Crippen molar-refractivity contribution in [2.45, 2.75) is 66.0 Å². The molecule has 1 atom stereocenters. The van der Waals surface area contributed by atoms with E-state index in [-0.39, 0.29) is 11.6 Å². The fourth-order valence-corrected chi connectivity index (χ4v) is 1.93. The van der Waals surface area contributed by atoms with Gasteiger partial charge in [-0.2, -0.15) is 0 Å². The van der Waals surface area contributed by atoms with Crippen molar-refractivity contribution in [2.24, 2.45) is 0 Å². The summed E-state index contributed by atoms with van der Waals surface area (Å²) in [4.78, 5) is 0. The van der Waals surface area contributed by atoms with Crippen molar-refractivity contribution in [2.75, 3.05) is 6.54 Å². The van der Waals surface area contributed by atoms with E-state index in [9.17, 15) is 0 Å². The molecule has 0 aliphatic carbocycles. The number of aryl methyl sites for hydroxylation is 1. The van der Waals surface area contributed by atoms with Gasteiger partial charge in [0.2, 0.25) is 0 Å². The zero-order valence-corrected chi connectivity index (χ0v) is 13.5. The predicted molar refractivity (Wildman–Crippen MR) is 83.1 cm³/mol.